The van der Waals surface area contributed by atoms with Gasteiger partial charge in [0.25, 0.3) is 0 Å². The van der Waals surface area contributed by atoms with Crippen molar-refractivity contribution in [1.29, 1.82) is 0 Å². The summed E-state index contributed by atoms with van der Waals surface area (Å²) in [5.74, 6) is 1.27. The highest BCUT2D eigenvalue weighted by molar-refractivity contribution is 6.34. The molecule has 33 heavy (non-hydrogen) atoms. The van der Waals surface area contributed by atoms with E-state index < -0.39 is 5.60 Å². The maximum atomic E-state index is 12.1. The van der Waals surface area contributed by atoms with Gasteiger partial charge < -0.3 is 24.8 Å². The van der Waals surface area contributed by atoms with Gasteiger partial charge in [-0.25, -0.2) is 9.97 Å². The number of aromatic nitrogens is 2. The number of nitrogens with one attached hydrogen (secondary N) is 1. The van der Waals surface area contributed by atoms with E-state index in [0.717, 1.165) is 24.3 Å². The Balaban J connectivity index is 1.58. The molecule has 1 amide bonds. The van der Waals surface area contributed by atoms with Gasteiger partial charge in [-0.1, -0.05) is 29.8 Å². The molecule has 2 atom stereocenters. The third-order valence-corrected chi connectivity index (χ3v) is 5.57. The van der Waals surface area contributed by atoms with Crippen molar-refractivity contribution in [3.05, 3.63) is 53.8 Å². The highest BCUT2D eigenvalue weighted by Gasteiger charge is 2.28. The molecule has 8 nitrogen and oxygen atoms in total. The lowest BCUT2D eigenvalue weighted by molar-refractivity contribution is -0.122. The number of ether oxygens (including phenoxy) is 2. The summed E-state index contributed by atoms with van der Waals surface area (Å²) in [6, 6.07) is 7.59. The van der Waals surface area contributed by atoms with Crippen LogP contribution in [0.4, 0.5) is 5.82 Å². The van der Waals surface area contributed by atoms with E-state index in [2.05, 4.69) is 21.9 Å². The first-order chi connectivity index (χ1) is 15.7. The van der Waals surface area contributed by atoms with Crippen LogP contribution in [0.3, 0.4) is 0 Å². The lowest BCUT2D eigenvalue weighted by Gasteiger charge is -2.21. The molecule has 1 aromatic carbocycles. The minimum atomic E-state index is -0.996. The Bertz CT molecular complexity index is 962. The fourth-order valence-corrected chi connectivity index (χ4v) is 3.70. The molecule has 2 heterocycles. The lowest BCUT2D eigenvalue weighted by atomic mass is 10.0. The fourth-order valence-electron chi connectivity index (χ4n) is 3.43. The maximum absolute atomic E-state index is 12.1. The second-order valence-corrected chi connectivity index (χ2v) is 9.09. The van der Waals surface area contributed by atoms with E-state index in [9.17, 15) is 9.90 Å². The Hall–Kier alpha value is -2.84. The van der Waals surface area contributed by atoms with Gasteiger partial charge in [0.15, 0.2) is 5.82 Å². The number of carbonyl (C=O) groups excluding carboxylic acids is 1. The smallest absolute Gasteiger partial charge is 0.238 e. The SMILES string of the molecule is C=CCNC(=O)C(C)c1ccc(OC2CCN(c3ncnc(OCC(C)(C)O)c3Cl)C2)cc1. The van der Waals surface area contributed by atoms with E-state index in [1.54, 1.807) is 19.9 Å². The molecule has 1 saturated heterocycles. The average Bonchev–Trinajstić information content (AvgIpc) is 3.24. The quantitative estimate of drug-likeness (QED) is 0.510. The zero-order valence-electron chi connectivity index (χ0n) is 19.3. The van der Waals surface area contributed by atoms with Crippen LogP contribution in [0.2, 0.25) is 5.02 Å². The summed E-state index contributed by atoms with van der Waals surface area (Å²) in [6.07, 6.45) is 3.84. The number of nitrogens with zero attached hydrogens (tertiary/aromatic N) is 3. The highest BCUT2D eigenvalue weighted by Crippen LogP contribution is 2.33. The van der Waals surface area contributed by atoms with E-state index in [0.29, 0.717) is 23.9 Å². The summed E-state index contributed by atoms with van der Waals surface area (Å²) in [4.78, 5) is 22.6. The number of halogens is 1. The van der Waals surface area contributed by atoms with Gasteiger partial charge in [-0.05, 0) is 38.5 Å². The summed E-state index contributed by atoms with van der Waals surface area (Å²) < 4.78 is 11.7. The molecule has 1 fully saturated rings. The third-order valence-electron chi connectivity index (χ3n) is 5.24. The molecule has 2 aromatic rings. The van der Waals surface area contributed by atoms with E-state index in [-0.39, 0.29) is 30.4 Å². The van der Waals surface area contributed by atoms with E-state index in [4.69, 9.17) is 21.1 Å². The average molecular weight is 475 g/mol. The predicted molar refractivity (Wildman–Crippen MR) is 128 cm³/mol. The van der Waals surface area contributed by atoms with Gasteiger partial charge in [-0.15, -0.1) is 6.58 Å². The van der Waals surface area contributed by atoms with Gasteiger partial charge in [-0.3, -0.25) is 4.79 Å². The Kier molecular flexibility index (Phi) is 8.15. The monoisotopic (exact) mass is 474 g/mol. The molecule has 0 spiro atoms. The number of hydrogen-bond donors (Lipinski definition) is 2. The molecule has 0 aliphatic carbocycles. The van der Waals surface area contributed by atoms with Crippen LogP contribution in [-0.2, 0) is 4.79 Å². The van der Waals surface area contributed by atoms with Crippen molar-refractivity contribution in [3.63, 3.8) is 0 Å². The van der Waals surface area contributed by atoms with Crippen LogP contribution in [0, 0.1) is 0 Å². The Morgan fingerprint density at radius 2 is 2.12 bits per heavy atom. The zero-order chi connectivity index (χ0) is 24.0. The van der Waals surface area contributed by atoms with Crippen LogP contribution in [0.5, 0.6) is 11.6 Å². The number of carbonyl (C=O) groups is 1. The molecule has 3 rings (SSSR count). The first kappa shape index (κ1) is 24.8. The molecule has 0 saturated carbocycles. The van der Waals surface area contributed by atoms with Crippen LogP contribution < -0.4 is 19.7 Å². The number of aliphatic hydroxyl groups is 1. The van der Waals surface area contributed by atoms with Gasteiger partial charge in [0.1, 0.15) is 29.8 Å². The van der Waals surface area contributed by atoms with Crippen molar-refractivity contribution >= 4 is 23.3 Å². The summed E-state index contributed by atoms with van der Waals surface area (Å²) in [6.45, 7) is 10.6. The number of benzene rings is 1. The van der Waals surface area contributed by atoms with Crippen molar-refractivity contribution in [2.24, 2.45) is 0 Å². The first-order valence-electron chi connectivity index (χ1n) is 10.9. The van der Waals surface area contributed by atoms with Gasteiger partial charge in [0.05, 0.1) is 18.1 Å². The van der Waals surface area contributed by atoms with Crippen LogP contribution in [0.25, 0.3) is 0 Å². The molecule has 1 aromatic heterocycles. The molecule has 1 aliphatic rings. The predicted octanol–water partition coefficient (Wildman–Crippen LogP) is 3.34. The van der Waals surface area contributed by atoms with Crippen LogP contribution >= 0.6 is 11.6 Å². The van der Waals surface area contributed by atoms with Crippen molar-refractivity contribution in [2.75, 3.05) is 31.1 Å². The maximum Gasteiger partial charge on any atom is 0.238 e. The third kappa shape index (κ3) is 6.82. The van der Waals surface area contributed by atoms with Crippen LogP contribution in [0.15, 0.2) is 43.2 Å². The minimum absolute atomic E-state index is 0.0315. The second-order valence-electron chi connectivity index (χ2n) is 8.72. The highest BCUT2D eigenvalue weighted by atomic mass is 35.5. The van der Waals surface area contributed by atoms with Crippen LogP contribution in [-0.4, -0.2) is 58.9 Å². The fraction of sp³-hybridized carbons (Fsp3) is 0.458. The number of hydrogen-bond acceptors (Lipinski definition) is 7. The Morgan fingerprint density at radius 3 is 2.79 bits per heavy atom. The summed E-state index contributed by atoms with van der Waals surface area (Å²) in [7, 11) is 0. The number of amides is 1. The number of rotatable bonds is 10. The Morgan fingerprint density at radius 1 is 1.39 bits per heavy atom. The summed E-state index contributed by atoms with van der Waals surface area (Å²) in [5, 5.41) is 13.0. The second kappa shape index (κ2) is 10.9. The summed E-state index contributed by atoms with van der Waals surface area (Å²) >= 11 is 6.48. The van der Waals surface area contributed by atoms with Crippen molar-refractivity contribution in [2.45, 2.75) is 44.8 Å². The minimum Gasteiger partial charge on any atom is -0.489 e. The van der Waals surface area contributed by atoms with E-state index in [1.165, 1.54) is 6.33 Å². The standard InChI is InChI=1S/C24H31ClN4O4/c1-5-11-26-22(30)16(2)17-6-8-18(9-7-17)33-19-10-12-29(13-19)21-20(25)23(28-15-27-21)32-14-24(3,4)31/h5-9,15-16,19,31H,1,10-14H2,2-4H3,(H,26,30). The van der Waals surface area contributed by atoms with Crippen molar-refractivity contribution < 1.29 is 19.4 Å². The molecule has 178 valence electrons. The molecular weight excluding hydrogens is 444 g/mol. The molecular formula is C24H31ClN4O4. The van der Waals surface area contributed by atoms with Gasteiger partial charge >= 0.3 is 0 Å². The van der Waals surface area contributed by atoms with E-state index in [1.807, 2.05) is 36.1 Å². The zero-order valence-corrected chi connectivity index (χ0v) is 20.0. The van der Waals surface area contributed by atoms with Gasteiger partial charge in [-0.2, -0.15) is 0 Å². The van der Waals surface area contributed by atoms with Gasteiger partial charge in [0.2, 0.25) is 11.8 Å². The topological polar surface area (TPSA) is 96.8 Å². The lowest BCUT2D eigenvalue weighted by Crippen LogP contribution is -2.29. The Labute approximate surface area is 199 Å². The number of anilines is 1. The molecule has 2 N–H and O–H groups in total. The molecule has 0 bridgehead atoms. The van der Waals surface area contributed by atoms with Gasteiger partial charge in [0, 0.05) is 19.5 Å². The van der Waals surface area contributed by atoms with Crippen LogP contribution in [0.1, 0.15) is 38.7 Å². The largest absolute Gasteiger partial charge is 0.489 e. The molecule has 9 heteroatoms. The normalized spacial score (nSPS) is 16.9. The molecule has 1 aliphatic heterocycles. The van der Waals surface area contributed by atoms with E-state index >= 15 is 0 Å². The van der Waals surface area contributed by atoms with Crippen molar-refractivity contribution in [3.8, 4) is 11.6 Å². The first-order valence-corrected chi connectivity index (χ1v) is 11.3. The summed E-state index contributed by atoms with van der Waals surface area (Å²) in [5.41, 5.74) is -0.0765. The van der Waals surface area contributed by atoms with Crippen molar-refractivity contribution in [1.82, 2.24) is 15.3 Å². The molecule has 0 radical (unpaired) electrons. The molecule has 2 unspecified atom stereocenters.